The summed E-state index contributed by atoms with van der Waals surface area (Å²) in [5.41, 5.74) is 2.04. The minimum absolute atomic E-state index is 0.205. The monoisotopic (exact) mass is 333 g/mol. The number of pyridine rings is 1. The largest absolute Gasteiger partial charge is 0.492 e. The van der Waals surface area contributed by atoms with Gasteiger partial charge in [0.15, 0.2) is 0 Å². The van der Waals surface area contributed by atoms with E-state index in [-0.39, 0.29) is 5.91 Å². The maximum absolute atomic E-state index is 11.8. The van der Waals surface area contributed by atoms with Gasteiger partial charge in [-0.25, -0.2) is 5.48 Å². The number of ether oxygens (including phenoxy) is 1. The molecule has 0 aliphatic carbocycles. The minimum atomic E-state index is -0.559. The second-order valence-corrected chi connectivity index (χ2v) is 5.37. The van der Waals surface area contributed by atoms with Crippen LogP contribution >= 0.6 is 11.8 Å². The smallest absolute Gasteiger partial charge is 0.307 e. The molecule has 0 spiro atoms. The predicted octanol–water partition coefficient (Wildman–Crippen LogP) is 2.08. The van der Waals surface area contributed by atoms with Crippen LogP contribution in [0.5, 0.6) is 5.75 Å². The molecule has 0 radical (unpaired) electrons. The Bertz CT molecular complexity index is 650. The van der Waals surface area contributed by atoms with Crippen molar-refractivity contribution >= 4 is 22.9 Å². The van der Waals surface area contributed by atoms with Crippen molar-refractivity contribution in [2.45, 2.75) is 4.90 Å². The SMILES string of the molecule is O=C(NO)Sc1ccc(OCCNC(=O)c2cccnc2)cc1. The third-order valence-corrected chi connectivity index (χ3v) is 3.49. The predicted molar refractivity (Wildman–Crippen MR) is 84.7 cm³/mol. The van der Waals surface area contributed by atoms with Gasteiger partial charge in [-0.15, -0.1) is 0 Å². The Morgan fingerprint density at radius 1 is 1.22 bits per heavy atom. The number of hydrogen-bond acceptors (Lipinski definition) is 6. The zero-order chi connectivity index (χ0) is 16.5. The van der Waals surface area contributed by atoms with E-state index in [2.05, 4.69) is 10.3 Å². The molecule has 0 atom stereocenters. The minimum Gasteiger partial charge on any atom is -0.492 e. The van der Waals surface area contributed by atoms with Crippen molar-refractivity contribution in [3.8, 4) is 5.75 Å². The summed E-state index contributed by atoms with van der Waals surface area (Å²) >= 11 is 0.864. The zero-order valence-corrected chi connectivity index (χ0v) is 12.9. The Kier molecular flexibility index (Phi) is 6.40. The van der Waals surface area contributed by atoms with Crippen molar-refractivity contribution in [2.24, 2.45) is 0 Å². The van der Waals surface area contributed by atoms with Crippen molar-refractivity contribution in [1.29, 1.82) is 0 Å². The Hall–Kier alpha value is -2.58. The van der Waals surface area contributed by atoms with Gasteiger partial charge in [-0.3, -0.25) is 19.8 Å². The fraction of sp³-hybridized carbons (Fsp3) is 0.133. The van der Waals surface area contributed by atoms with Gasteiger partial charge in [0.1, 0.15) is 12.4 Å². The molecule has 120 valence electrons. The van der Waals surface area contributed by atoms with Crippen LogP contribution in [-0.4, -0.2) is 34.5 Å². The van der Waals surface area contributed by atoms with Gasteiger partial charge in [-0.2, -0.15) is 0 Å². The van der Waals surface area contributed by atoms with Crippen LogP contribution in [0.4, 0.5) is 4.79 Å². The summed E-state index contributed by atoms with van der Waals surface area (Å²) in [6.45, 7) is 0.673. The highest BCUT2D eigenvalue weighted by Crippen LogP contribution is 2.21. The number of nitrogens with one attached hydrogen (secondary N) is 2. The van der Waals surface area contributed by atoms with Gasteiger partial charge in [0.25, 0.3) is 5.91 Å². The Labute approximate surface area is 137 Å². The highest BCUT2D eigenvalue weighted by atomic mass is 32.2. The molecular formula is C15H15N3O4S. The van der Waals surface area contributed by atoms with Gasteiger partial charge in [0.2, 0.25) is 0 Å². The summed E-state index contributed by atoms with van der Waals surface area (Å²) in [6.07, 6.45) is 3.10. The van der Waals surface area contributed by atoms with E-state index in [1.54, 1.807) is 48.1 Å². The molecule has 0 saturated heterocycles. The number of rotatable bonds is 6. The number of carbonyl (C=O) groups is 2. The van der Waals surface area contributed by atoms with Crippen molar-refractivity contribution in [1.82, 2.24) is 15.8 Å². The molecule has 0 unspecified atom stereocenters. The topological polar surface area (TPSA) is 101 Å². The molecule has 1 heterocycles. The van der Waals surface area contributed by atoms with E-state index >= 15 is 0 Å². The van der Waals surface area contributed by atoms with E-state index in [0.29, 0.717) is 29.4 Å². The van der Waals surface area contributed by atoms with Gasteiger partial charge in [-0.1, -0.05) is 0 Å². The van der Waals surface area contributed by atoms with Crippen molar-refractivity contribution < 1.29 is 19.5 Å². The molecule has 0 bridgehead atoms. The first kappa shape index (κ1) is 16.8. The normalized spacial score (nSPS) is 9.96. The third-order valence-electron chi connectivity index (χ3n) is 2.71. The van der Waals surface area contributed by atoms with Crippen LogP contribution in [0, 0.1) is 0 Å². The summed E-state index contributed by atoms with van der Waals surface area (Å²) in [7, 11) is 0. The fourth-order valence-electron chi connectivity index (χ4n) is 1.67. The Balaban J connectivity index is 1.72. The van der Waals surface area contributed by atoms with Crippen molar-refractivity contribution in [3.63, 3.8) is 0 Å². The van der Waals surface area contributed by atoms with E-state index < -0.39 is 5.24 Å². The van der Waals surface area contributed by atoms with Crippen LogP contribution in [0.25, 0.3) is 0 Å². The molecule has 2 rings (SSSR count). The molecule has 23 heavy (non-hydrogen) atoms. The van der Waals surface area contributed by atoms with Crippen molar-refractivity contribution in [2.75, 3.05) is 13.2 Å². The lowest BCUT2D eigenvalue weighted by Crippen LogP contribution is -2.28. The molecule has 1 aromatic heterocycles. The fourth-order valence-corrected chi connectivity index (χ4v) is 2.20. The summed E-state index contributed by atoms with van der Waals surface area (Å²) in [5.74, 6) is 0.415. The second kappa shape index (κ2) is 8.76. The molecule has 8 heteroatoms. The molecular weight excluding hydrogens is 318 g/mol. The highest BCUT2D eigenvalue weighted by Gasteiger charge is 2.05. The summed E-state index contributed by atoms with van der Waals surface area (Å²) in [6, 6.07) is 10.2. The lowest BCUT2D eigenvalue weighted by molar-refractivity contribution is 0.0946. The summed E-state index contributed by atoms with van der Waals surface area (Å²) < 4.78 is 5.49. The van der Waals surface area contributed by atoms with Gasteiger partial charge in [0, 0.05) is 17.3 Å². The van der Waals surface area contributed by atoms with E-state index in [1.807, 2.05) is 0 Å². The maximum Gasteiger partial charge on any atom is 0.307 e. The number of hydrogen-bond donors (Lipinski definition) is 3. The van der Waals surface area contributed by atoms with E-state index in [0.717, 1.165) is 11.8 Å². The maximum atomic E-state index is 11.8. The summed E-state index contributed by atoms with van der Waals surface area (Å²) in [4.78, 5) is 27.3. The van der Waals surface area contributed by atoms with E-state index in [9.17, 15) is 9.59 Å². The number of nitrogens with zero attached hydrogens (tertiary/aromatic N) is 1. The van der Waals surface area contributed by atoms with Gasteiger partial charge >= 0.3 is 5.24 Å². The molecule has 0 fully saturated rings. The molecule has 0 saturated carbocycles. The van der Waals surface area contributed by atoms with Gasteiger partial charge < -0.3 is 10.1 Å². The first-order chi connectivity index (χ1) is 11.2. The zero-order valence-electron chi connectivity index (χ0n) is 12.1. The number of amides is 2. The third kappa shape index (κ3) is 5.61. The quantitative estimate of drug-likeness (QED) is 0.324. The molecule has 0 aliphatic rings. The second-order valence-electron chi connectivity index (χ2n) is 4.32. The number of hydroxylamine groups is 1. The molecule has 1 aromatic carbocycles. The number of benzene rings is 1. The number of thioether (sulfide) groups is 1. The van der Waals surface area contributed by atoms with Gasteiger partial charge in [0.05, 0.1) is 12.1 Å². The standard InChI is InChI=1S/C15H15N3O4S/c19-14(11-2-1-7-16-10-11)17-8-9-22-12-3-5-13(6-4-12)23-15(20)18-21/h1-7,10,21H,8-9H2,(H,17,19)(H,18,20). The average Bonchev–Trinajstić information content (AvgIpc) is 2.60. The van der Waals surface area contributed by atoms with Crippen LogP contribution in [0.2, 0.25) is 0 Å². The van der Waals surface area contributed by atoms with Crippen LogP contribution in [0.1, 0.15) is 10.4 Å². The summed E-state index contributed by atoms with van der Waals surface area (Å²) in [5, 5.41) is 10.6. The van der Waals surface area contributed by atoms with Crippen LogP contribution < -0.4 is 15.5 Å². The number of aromatic nitrogens is 1. The first-order valence-electron chi connectivity index (χ1n) is 6.72. The molecule has 3 N–H and O–H groups in total. The first-order valence-corrected chi connectivity index (χ1v) is 7.53. The average molecular weight is 333 g/mol. The van der Waals surface area contributed by atoms with E-state index in [1.165, 1.54) is 6.20 Å². The highest BCUT2D eigenvalue weighted by molar-refractivity contribution is 8.13. The molecule has 0 aliphatic heterocycles. The Morgan fingerprint density at radius 3 is 2.65 bits per heavy atom. The van der Waals surface area contributed by atoms with Crippen LogP contribution in [-0.2, 0) is 0 Å². The molecule has 7 nitrogen and oxygen atoms in total. The van der Waals surface area contributed by atoms with E-state index in [4.69, 9.17) is 9.94 Å². The molecule has 2 aromatic rings. The number of carbonyl (C=O) groups excluding carboxylic acids is 2. The lowest BCUT2D eigenvalue weighted by Gasteiger charge is -2.08. The lowest BCUT2D eigenvalue weighted by atomic mass is 10.3. The molecule has 2 amide bonds. The van der Waals surface area contributed by atoms with Gasteiger partial charge in [-0.05, 0) is 48.2 Å². The Morgan fingerprint density at radius 2 is 2.00 bits per heavy atom. The van der Waals surface area contributed by atoms with Crippen LogP contribution in [0.15, 0.2) is 53.7 Å². The van der Waals surface area contributed by atoms with Crippen molar-refractivity contribution in [3.05, 3.63) is 54.4 Å². The van der Waals surface area contributed by atoms with Crippen LogP contribution in [0.3, 0.4) is 0 Å².